The number of fused-ring (bicyclic) bond motifs is 3. The summed E-state index contributed by atoms with van der Waals surface area (Å²) in [7, 11) is 0. The molecule has 3 aliphatic rings. The van der Waals surface area contributed by atoms with Gasteiger partial charge in [0.2, 0.25) is 0 Å². The minimum Gasteiger partial charge on any atom is -0.359 e. The molecule has 174 valence electrons. The Kier molecular flexibility index (Phi) is 5.26. The van der Waals surface area contributed by atoms with Crippen molar-refractivity contribution in [2.75, 3.05) is 11.9 Å². The molecule has 1 unspecified atom stereocenters. The quantitative estimate of drug-likeness (QED) is 0.420. The van der Waals surface area contributed by atoms with Gasteiger partial charge >= 0.3 is 0 Å². The molecule has 34 heavy (non-hydrogen) atoms. The Morgan fingerprint density at radius 1 is 1.21 bits per heavy atom. The summed E-state index contributed by atoms with van der Waals surface area (Å²) in [6.45, 7) is 2.78. The zero-order valence-corrected chi connectivity index (χ0v) is 19.9. The third-order valence-electron chi connectivity index (χ3n) is 7.12. The van der Waals surface area contributed by atoms with E-state index in [4.69, 9.17) is 11.6 Å². The van der Waals surface area contributed by atoms with Crippen molar-refractivity contribution >= 4 is 44.2 Å². The van der Waals surface area contributed by atoms with E-state index in [9.17, 15) is 9.18 Å². The maximum absolute atomic E-state index is 14.0. The van der Waals surface area contributed by atoms with Crippen molar-refractivity contribution in [2.24, 2.45) is 11.8 Å². The van der Waals surface area contributed by atoms with Gasteiger partial charge in [0.05, 0.1) is 39.9 Å². The van der Waals surface area contributed by atoms with Crippen LogP contribution in [0.5, 0.6) is 0 Å². The number of amides is 1. The zero-order chi connectivity index (χ0) is 23.4. The van der Waals surface area contributed by atoms with Crippen molar-refractivity contribution in [3.63, 3.8) is 0 Å². The lowest BCUT2D eigenvalue weighted by Crippen LogP contribution is -2.64. The molecule has 4 heterocycles. The lowest BCUT2D eigenvalue weighted by Gasteiger charge is -2.57. The molecule has 1 aliphatic carbocycles. The molecule has 2 aromatic heterocycles. The van der Waals surface area contributed by atoms with E-state index in [0.29, 0.717) is 34.7 Å². The molecule has 1 N–H and O–H groups in total. The number of nitrogens with one attached hydrogen (secondary N) is 1. The number of hydrogen-bond acceptors (Lipinski definition) is 6. The summed E-state index contributed by atoms with van der Waals surface area (Å²) < 4.78 is 14.4. The molecule has 1 amide bonds. The standard InChI is InChI=1S/C24H22ClFN6OS/c1-13-14-8-17(9-14)31(21(13)12-27-24-30-19-4-3-16(26)11-22(19)34-24)23(33)18-10-15(25)2-5-20(18)32-28-6-7-29-32/h2-7,10-11,13-14,17,21H,8-9,12H2,1H3,(H,27,30)/t13-,14?,17?,21?/m1/s1. The molecule has 10 heteroatoms. The summed E-state index contributed by atoms with van der Waals surface area (Å²) in [5.41, 5.74) is 1.85. The van der Waals surface area contributed by atoms with E-state index < -0.39 is 0 Å². The number of carbonyl (C=O) groups excluding carboxylic acids is 1. The van der Waals surface area contributed by atoms with Gasteiger partial charge in [-0.25, -0.2) is 9.37 Å². The van der Waals surface area contributed by atoms with Gasteiger partial charge in [-0.15, -0.1) is 0 Å². The molecule has 7 nitrogen and oxygen atoms in total. The molecule has 2 bridgehead atoms. The van der Waals surface area contributed by atoms with Gasteiger partial charge in [-0.05, 0) is 61.1 Å². The van der Waals surface area contributed by atoms with Crippen LogP contribution in [0.4, 0.5) is 9.52 Å². The van der Waals surface area contributed by atoms with E-state index in [1.807, 2.05) is 4.90 Å². The summed E-state index contributed by atoms with van der Waals surface area (Å²) in [5.74, 6) is 0.600. The molecule has 2 atom stereocenters. The predicted octanol–water partition coefficient (Wildman–Crippen LogP) is 5.02. The van der Waals surface area contributed by atoms with Crippen LogP contribution in [0.1, 0.15) is 30.1 Å². The molecule has 2 saturated heterocycles. The lowest BCUT2D eigenvalue weighted by molar-refractivity contribution is -0.0502. The number of rotatable bonds is 5. The van der Waals surface area contributed by atoms with E-state index in [1.165, 1.54) is 28.3 Å². The van der Waals surface area contributed by atoms with Crippen molar-refractivity contribution < 1.29 is 9.18 Å². The van der Waals surface area contributed by atoms with E-state index in [2.05, 4.69) is 27.4 Å². The summed E-state index contributed by atoms with van der Waals surface area (Å²) >= 11 is 7.72. The smallest absolute Gasteiger partial charge is 0.256 e. The monoisotopic (exact) mass is 496 g/mol. The molecule has 3 fully saturated rings. The number of piperidine rings is 2. The van der Waals surface area contributed by atoms with E-state index >= 15 is 0 Å². The predicted molar refractivity (Wildman–Crippen MR) is 130 cm³/mol. The second-order valence-electron chi connectivity index (χ2n) is 9.02. The van der Waals surface area contributed by atoms with Crippen LogP contribution in [-0.4, -0.2) is 49.4 Å². The number of aromatic nitrogens is 4. The van der Waals surface area contributed by atoms with Crippen molar-refractivity contribution in [1.82, 2.24) is 24.9 Å². The topological polar surface area (TPSA) is 75.9 Å². The van der Waals surface area contributed by atoms with Gasteiger partial charge < -0.3 is 10.2 Å². The van der Waals surface area contributed by atoms with Gasteiger partial charge in [0.25, 0.3) is 5.91 Å². The van der Waals surface area contributed by atoms with Crippen LogP contribution < -0.4 is 5.32 Å². The normalized spacial score (nSPS) is 23.7. The highest BCUT2D eigenvalue weighted by Gasteiger charge is 2.50. The Morgan fingerprint density at radius 2 is 2.00 bits per heavy atom. The average molecular weight is 497 g/mol. The van der Waals surface area contributed by atoms with Gasteiger partial charge in [-0.1, -0.05) is 29.9 Å². The number of thiazole rings is 1. The third kappa shape index (κ3) is 3.63. The van der Waals surface area contributed by atoms with Crippen LogP contribution in [0.3, 0.4) is 0 Å². The Bertz CT molecular complexity index is 1370. The maximum Gasteiger partial charge on any atom is 0.256 e. The van der Waals surface area contributed by atoms with Gasteiger partial charge in [-0.3, -0.25) is 4.79 Å². The van der Waals surface area contributed by atoms with Gasteiger partial charge in [-0.2, -0.15) is 15.0 Å². The van der Waals surface area contributed by atoms with Crippen molar-refractivity contribution in [3.8, 4) is 5.69 Å². The Hall–Kier alpha value is -3.04. The average Bonchev–Trinajstić information content (AvgIpc) is 3.46. The first kappa shape index (κ1) is 21.5. The molecule has 4 aromatic rings. The fourth-order valence-corrected chi connectivity index (χ4v) is 6.29. The molecule has 2 aromatic carbocycles. The van der Waals surface area contributed by atoms with Crippen LogP contribution >= 0.6 is 22.9 Å². The number of carbonyl (C=O) groups is 1. The molecule has 1 saturated carbocycles. The summed E-state index contributed by atoms with van der Waals surface area (Å²) in [5, 5.41) is 13.1. The fraction of sp³-hybridized carbons (Fsp3) is 0.333. The highest BCUT2D eigenvalue weighted by atomic mass is 35.5. The van der Waals surface area contributed by atoms with Crippen LogP contribution in [0.2, 0.25) is 5.02 Å². The van der Waals surface area contributed by atoms with E-state index in [0.717, 1.165) is 28.2 Å². The Morgan fingerprint density at radius 3 is 2.79 bits per heavy atom. The number of hydrogen-bond donors (Lipinski definition) is 1. The minimum absolute atomic E-state index is 0.00818. The second-order valence-corrected chi connectivity index (χ2v) is 10.5. The highest BCUT2D eigenvalue weighted by molar-refractivity contribution is 7.22. The van der Waals surface area contributed by atoms with Gasteiger partial charge in [0.1, 0.15) is 5.82 Å². The Balaban J connectivity index is 1.30. The number of nitrogens with zero attached hydrogens (tertiary/aromatic N) is 5. The largest absolute Gasteiger partial charge is 0.359 e. The SMILES string of the molecule is C[C@@H]1C2CC(C2)N(C(=O)c2cc(Cl)ccc2-n2nccn2)C1CNc1nc2ccc(F)cc2s1. The first-order chi connectivity index (χ1) is 16.5. The molecular weight excluding hydrogens is 475 g/mol. The first-order valence-electron chi connectivity index (χ1n) is 11.3. The maximum atomic E-state index is 14.0. The summed E-state index contributed by atoms with van der Waals surface area (Å²) in [6.07, 6.45) is 5.19. The Labute approximate surface area is 204 Å². The van der Waals surface area contributed by atoms with E-state index in [1.54, 1.807) is 36.7 Å². The van der Waals surface area contributed by atoms with Crippen molar-refractivity contribution in [1.29, 1.82) is 0 Å². The molecule has 7 rings (SSSR count). The fourth-order valence-electron chi connectivity index (χ4n) is 5.22. The van der Waals surface area contributed by atoms with Crippen LogP contribution in [-0.2, 0) is 0 Å². The van der Waals surface area contributed by atoms with E-state index in [-0.39, 0.29) is 23.8 Å². The molecule has 2 aliphatic heterocycles. The molecule has 0 radical (unpaired) electrons. The summed E-state index contributed by atoms with van der Waals surface area (Å²) in [4.78, 5) is 22.0. The zero-order valence-electron chi connectivity index (χ0n) is 18.4. The highest BCUT2D eigenvalue weighted by Crippen LogP contribution is 2.47. The molecular formula is C24H22ClFN6OS. The van der Waals surface area contributed by atoms with Gasteiger partial charge in [0, 0.05) is 17.6 Å². The van der Waals surface area contributed by atoms with Gasteiger partial charge in [0.15, 0.2) is 5.13 Å². The van der Waals surface area contributed by atoms with Crippen LogP contribution in [0, 0.1) is 17.7 Å². The molecule has 0 spiro atoms. The van der Waals surface area contributed by atoms with Crippen LogP contribution in [0.25, 0.3) is 15.9 Å². The minimum atomic E-state index is -0.274. The van der Waals surface area contributed by atoms with Crippen molar-refractivity contribution in [3.05, 3.63) is 65.2 Å². The lowest BCUT2D eigenvalue weighted by atomic mass is 9.64. The first-order valence-corrected chi connectivity index (χ1v) is 12.5. The van der Waals surface area contributed by atoms with Crippen LogP contribution in [0.15, 0.2) is 48.8 Å². The number of anilines is 1. The summed E-state index contributed by atoms with van der Waals surface area (Å²) in [6, 6.07) is 10.0. The number of benzene rings is 2. The third-order valence-corrected chi connectivity index (χ3v) is 8.33. The second kappa shape index (κ2) is 8.32. The van der Waals surface area contributed by atoms with Crippen molar-refractivity contribution in [2.45, 2.75) is 31.8 Å². The number of halogens is 2.